The van der Waals surface area contributed by atoms with Crippen LogP contribution >= 0.6 is 0 Å². The third-order valence-electron chi connectivity index (χ3n) is 19.7. The van der Waals surface area contributed by atoms with Gasteiger partial charge in [0.25, 0.3) is 21.6 Å². The molecule has 0 bridgehead atoms. The lowest BCUT2D eigenvalue weighted by atomic mass is 9.59. The summed E-state index contributed by atoms with van der Waals surface area (Å²) in [5.74, 6) is 1.76. The van der Waals surface area contributed by atoms with Crippen molar-refractivity contribution in [1.82, 2.24) is 29.5 Å². The largest absolute Gasteiger partial charge is 0.493 e. The van der Waals surface area contributed by atoms with Gasteiger partial charge in [0.2, 0.25) is 0 Å². The maximum Gasteiger partial charge on any atom is 0.293 e. The minimum atomic E-state index is -4.63. The molecule has 4 N–H and O–H groups in total. The van der Waals surface area contributed by atoms with Crippen LogP contribution in [0.3, 0.4) is 0 Å². The number of pyridine rings is 2. The highest BCUT2D eigenvalue weighted by Gasteiger charge is 2.50. The maximum atomic E-state index is 14.9. The van der Waals surface area contributed by atoms with E-state index >= 15 is 0 Å². The smallest absolute Gasteiger partial charge is 0.293 e. The number of H-pyrrole nitrogens is 1. The molecule has 2 atom stereocenters. The fourth-order valence-electron chi connectivity index (χ4n) is 14.8. The average Bonchev–Trinajstić information content (AvgIpc) is 1.34. The molecule has 456 valence electrons. The SMILES string of the molecule is COc1cc(CN2CCN(C3CC4(CCN(c5ccc(C(=O)NS(=O)(=O)c6ccc(NCC7CCC(C)(O)CC7)c([N+](=O)[O-])c6)c(N6C[C@H]7COCCCN7c7nc8[nH]ccc8cc76)c5)CC4)C3)[C@H](c3ccccc3C)C2)cnc1N1CCOCC1. The molecule has 6 fully saturated rings. The molecule has 0 unspecified atom stereocenters. The average molecular weight is 1190 g/mol. The third kappa shape index (κ3) is 11.8. The van der Waals surface area contributed by atoms with Crippen LogP contribution in [0.15, 0.2) is 96.2 Å². The van der Waals surface area contributed by atoms with Crippen molar-refractivity contribution in [2.75, 3.05) is 124 Å². The van der Waals surface area contributed by atoms with Crippen molar-refractivity contribution in [2.45, 2.75) is 107 Å². The van der Waals surface area contributed by atoms with E-state index in [1.54, 1.807) is 13.2 Å². The highest BCUT2D eigenvalue weighted by atomic mass is 32.2. The molecular formula is C64H80N12O9S. The highest BCUT2D eigenvalue weighted by Crippen LogP contribution is 2.54. The Kier molecular flexibility index (Phi) is 16.1. The fraction of sp³-hybridized carbons (Fsp3) is 0.516. The van der Waals surface area contributed by atoms with E-state index in [0.717, 1.165) is 155 Å². The molecule has 13 rings (SSSR count). The van der Waals surface area contributed by atoms with E-state index in [2.05, 4.69) is 87.7 Å². The maximum absolute atomic E-state index is 14.9. The van der Waals surface area contributed by atoms with Gasteiger partial charge in [-0.15, -0.1) is 0 Å². The van der Waals surface area contributed by atoms with Crippen molar-refractivity contribution < 1.29 is 37.5 Å². The Bertz CT molecular complexity index is 3590. The van der Waals surface area contributed by atoms with Crippen molar-refractivity contribution in [3.8, 4) is 5.75 Å². The van der Waals surface area contributed by atoms with Crippen LogP contribution < -0.4 is 34.4 Å². The summed E-state index contributed by atoms with van der Waals surface area (Å²) in [7, 11) is -2.90. The van der Waals surface area contributed by atoms with E-state index in [9.17, 15) is 28.4 Å². The molecule has 4 saturated heterocycles. The number of aliphatic hydroxyl groups is 1. The molecule has 2 saturated carbocycles. The van der Waals surface area contributed by atoms with Crippen LogP contribution in [0.5, 0.6) is 5.75 Å². The first-order valence-electron chi connectivity index (χ1n) is 30.8. The molecule has 6 aromatic rings. The number of nitrogens with zero attached hydrogens (tertiary/aromatic N) is 9. The first-order valence-corrected chi connectivity index (χ1v) is 32.3. The van der Waals surface area contributed by atoms with E-state index in [1.165, 1.54) is 23.3 Å². The van der Waals surface area contributed by atoms with Crippen LogP contribution in [0, 0.1) is 28.4 Å². The number of aryl methyl sites for hydroxylation is 1. The molecule has 22 heteroatoms. The number of anilines is 6. The summed E-state index contributed by atoms with van der Waals surface area (Å²) in [6.07, 6.45) is 11.8. The van der Waals surface area contributed by atoms with E-state index in [0.29, 0.717) is 64.1 Å². The number of nitro benzene ring substituents is 1. The number of aromatic nitrogens is 3. The van der Waals surface area contributed by atoms with Crippen LogP contribution in [0.25, 0.3) is 11.0 Å². The zero-order valence-corrected chi connectivity index (χ0v) is 50.4. The van der Waals surface area contributed by atoms with Crippen molar-refractivity contribution in [3.05, 3.63) is 124 Å². The van der Waals surface area contributed by atoms with Gasteiger partial charge in [0.05, 0.1) is 65.3 Å². The number of fused-ring (bicyclic) bond motifs is 4. The van der Waals surface area contributed by atoms with Gasteiger partial charge in [-0.3, -0.25) is 24.7 Å². The number of amides is 1. The van der Waals surface area contributed by atoms with Gasteiger partial charge in [-0.05, 0) is 148 Å². The van der Waals surface area contributed by atoms with Crippen molar-refractivity contribution in [3.63, 3.8) is 0 Å². The van der Waals surface area contributed by atoms with Gasteiger partial charge in [-0.1, -0.05) is 24.3 Å². The molecule has 3 aromatic carbocycles. The Hall–Kier alpha value is -7.08. The molecule has 5 aliphatic heterocycles. The van der Waals surface area contributed by atoms with Gasteiger partial charge < -0.3 is 49.2 Å². The molecule has 8 heterocycles. The van der Waals surface area contributed by atoms with E-state index < -0.39 is 37.0 Å². The second-order valence-electron chi connectivity index (χ2n) is 25.4. The Morgan fingerprint density at radius 2 is 1.67 bits per heavy atom. The topological polar surface area (TPSA) is 227 Å². The van der Waals surface area contributed by atoms with Crippen LogP contribution in [0.2, 0.25) is 0 Å². The summed E-state index contributed by atoms with van der Waals surface area (Å²) >= 11 is 0. The highest BCUT2D eigenvalue weighted by molar-refractivity contribution is 7.90. The number of piperidine rings is 1. The number of morpholine rings is 1. The summed E-state index contributed by atoms with van der Waals surface area (Å²) in [6.45, 7) is 15.0. The molecule has 0 radical (unpaired) electrons. The standard InChI is InChI=1S/C64H80N12O9S/c1-43-7-4-5-8-51(43)57-41-70(39-45-31-58(83-3)61(67-38-45)72-26-29-84-30-27-72)24-25-73(57)48-35-64(36-48)18-22-71(23-19-64)47-9-11-52(54(33-47)75-40-49-42-85-28-6-21-74(49)60-56(75)32-46-15-20-65-59(46)68-60)62(77)69-86(81,82)50-10-12-53(55(34-50)76(79)80)66-37-44-13-16-63(2,78)17-14-44/h4-5,7-12,15,20,31-34,38,44,48-49,57,66,78H,6,13-14,16-19,21-30,35-37,39-42H2,1-3H3,(H,65,68)(H,69,77)/t44?,49-,57-,63?/m0/s1. The molecule has 1 spiro atoms. The van der Waals surface area contributed by atoms with E-state index in [-0.39, 0.29) is 34.7 Å². The normalized spacial score (nSPS) is 24.0. The number of carbonyl (C=O) groups is 1. The number of hydrogen-bond acceptors (Lipinski definition) is 18. The molecule has 21 nitrogen and oxygen atoms in total. The molecule has 86 heavy (non-hydrogen) atoms. The van der Waals surface area contributed by atoms with Gasteiger partial charge in [-0.25, -0.2) is 23.1 Å². The molecule has 3 aromatic heterocycles. The molecule has 2 aliphatic carbocycles. The number of hydrogen-bond donors (Lipinski definition) is 4. The van der Waals surface area contributed by atoms with Crippen molar-refractivity contribution >= 4 is 67.0 Å². The first kappa shape index (κ1) is 58.0. The lowest BCUT2D eigenvalue weighted by molar-refractivity contribution is -0.384. The van der Waals surface area contributed by atoms with E-state index in [1.807, 2.05) is 37.5 Å². The zero-order valence-electron chi connectivity index (χ0n) is 49.6. The van der Waals surface area contributed by atoms with Gasteiger partial charge >= 0.3 is 0 Å². The van der Waals surface area contributed by atoms with Gasteiger partial charge in [0.15, 0.2) is 17.4 Å². The minimum Gasteiger partial charge on any atom is -0.493 e. The predicted octanol–water partition coefficient (Wildman–Crippen LogP) is 8.55. The quantitative estimate of drug-likeness (QED) is 0.0558. The lowest BCUT2D eigenvalue weighted by Gasteiger charge is -2.58. The number of carbonyl (C=O) groups excluding carboxylic acids is 1. The van der Waals surface area contributed by atoms with Crippen LogP contribution in [0.4, 0.5) is 40.1 Å². The van der Waals surface area contributed by atoms with Crippen LogP contribution in [-0.2, 0) is 26.0 Å². The Labute approximate surface area is 503 Å². The van der Waals surface area contributed by atoms with Crippen LogP contribution in [-0.4, -0.2) is 166 Å². The summed E-state index contributed by atoms with van der Waals surface area (Å²) in [5, 5.41) is 27.0. The first-order chi connectivity index (χ1) is 41.6. The second-order valence-corrected chi connectivity index (χ2v) is 27.1. The Morgan fingerprint density at radius 1 is 0.872 bits per heavy atom. The summed E-state index contributed by atoms with van der Waals surface area (Å²) in [6, 6.07) is 25.0. The fourth-order valence-corrected chi connectivity index (χ4v) is 15.7. The number of nitro groups is 1. The number of nitrogens with one attached hydrogen (secondary N) is 3. The Balaban J connectivity index is 0.737. The number of sulfonamides is 1. The summed E-state index contributed by atoms with van der Waals surface area (Å²) in [5.41, 5.74) is 6.21. The minimum absolute atomic E-state index is 0.122. The predicted molar refractivity (Wildman–Crippen MR) is 332 cm³/mol. The second kappa shape index (κ2) is 23.9. The lowest BCUT2D eigenvalue weighted by Crippen LogP contribution is -2.59. The number of rotatable bonds is 15. The number of aromatic amines is 1. The van der Waals surface area contributed by atoms with Crippen LogP contribution in [0.1, 0.15) is 97.8 Å². The summed E-state index contributed by atoms with van der Waals surface area (Å²) < 4.78 is 48.6. The number of benzene rings is 3. The van der Waals surface area contributed by atoms with Gasteiger partial charge in [0.1, 0.15) is 11.3 Å². The number of ether oxygens (including phenoxy) is 3. The number of methoxy groups -OCH3 is 1. The zero-order chi connectivity index (χ0) is 59.3. The van der Waals surface area contributed by atoms with Crippen molar-refractivity contribution in [2.24, 2.45) is 11.3 Å². The monoisotopic (exact) mass is 1190 g/mol. The third-order valence-corrected chi connectivity index (χ3v) is 21.1. The number of piperazine rings is 1. The molecule has 1 amide bonds. The Morgan fingerprint density at radius 3 is 2.45 bits per heavy atom. The summed E-state index contributed by atoms with van der Waals surface area (Å²) in [4.78, 5) is 54.1. The van der Waals surface area contributed by atoms with Gasteiger partial charge in [0, 0.05) is 120 Å². The van der Waals surface area contributed by atoms with Gasteiger partial charge in [-0.2, -0.15) is 0 Å². The molecule has 7 aliphatic rings. The van der Waals surface area contributed by atoms with Crippen molar-refractivity contribution in [1.29, 1.82) is 0 Å². The van der Waals surface area contributed by atoms with E-state index in [4.69, 9.17) is 24.2 Å². The molecular weight excluding hydrogens is 1110 g/mol.